The topological polar surface area (TPSA) is 47.6 Å². The van der Waals surface area contributed by atoms with E-state index in [9.17, 15) is 4.79 Å². The fourth-order valence-electron chi connectivity index (χ4n) is 1.89. The Bertz CT molecular complexity index is 659. The van der Waals surface area contributed by atoms with Gasteiger partial charge >= 0.3 is 5.97 Å². The molecule has 0 aliphatic rings. The highest BCUT2D eigenvalue weighted by Gasteiger charge is 2.05. The first-order valence-corrected chi connectivity index (χ1v) is 7.94. The summed E-state index contributed by atoms with van der Waals surface area (Å²) in [4.78, 5) is 11.5. The number of benzene rings is 2. The van der Waals surface area contributed by atoms with E-state index in [1.54, 1.807) is 37.3 Å². The van der Waals surface area contributed by atoms with Gasteiger partial charge in [-0.3, -0.25) is 0 Å². The number of carbonyl (C=O) groups excluding carboxylic acids is 1. The van der Waals surface area contributed by atoms with Crippen LogP contribution in [0.15, 0.2) is 42.5 Å². The zero-order valence-electron chi connectivity index (χ0n) is 12.6. The summed E-state index contributed by atoms with van der Waals surface area (Å²) >= 11 is 11.9. The van der Waals surface area contributed by atoms with Crippen LogP contribution in [0.1, 0.15) is 17.3 Å². The van der Waals surface area contributed by atoms with Gasteiger partial charge in [0, 0.05) is 17.3 Å². The summed E-state index contributed by atoms with van der Waals surface area (Å²) in [5, 5.41) is 4.25. The molecule has 2 aromatic carbocycles. The number of ether oxygens (including phenoxy) is 2. The van der Waals surface area contributed by atoms with Crippen LogP contribution in [0, 0.1) is 0 Å². The highest BCUT2D eigenvalue weighted by Crippen LogP contribution is 2.27. The summed E-state index contributed by atoms with van der Waals surface area (Å²) in [6, 6.07) is 12.2. The van der Waals surface area contributed by atoms with Crippen molar-refractivity contribution >= 4 is 34.9 Å². The molecule has 0 saturated heterocycles. The molecule has 0 atom stereocenters. The molecule has 122 valence electrons. The smallest absolute Gasteiger partial charge is 0.338 e. The minimum atomic E-state index is -0.320. The van der Waals surface area contributed by atoms with Crippen LogP contribution >= 0.6 is 23.2 Å². The second-order valence-corrected chi connectivity index (χ2v) is 5.49. The van der Waals surface area contributed by atoms with Crippen LogP contribution in [0.25, 0.3) is 0 Å². The number of halogens is 2. The number of hydrogen-bond donors (Lipinski definition) is 1. The molecule has 23 heavy (non-hydrogen) atoms. The second kappa shape index (κ2) is 8.65. The number of esters is 1. The van der Waals surface area contributed by atoms with Crippen molar-refractivity contribution in [3.05, 3.63) is 58.1 Å². The van der Waals surface area contributed by atoms with Crippen molar-refractivity contribution in [2.24, 2.45) is 0 Å². The lowest BCUT2D eigenvalue weighted by Gasteiger charge is -2.10. The highest BCUT2D eigenvalue weighted by molar-refractivity contribution is 6.35. The Hall–Kier alpha value is -1.91. The Kier molecular flexibility index (Phi) is 6.56. The maximum Gasteiger partial charge on any atom is 0.338 e. The van der Waals surface area contributed by atoms with Crippen LogP contribution in [0.5, 0.6) is 5.75 Å². The van der Waals surface area contributed by atoms with E-state index >= 15 is 0 Å². The zero-order valence-corrected chi connectivity index (χ0v) is 14.2. The minimum Gasteiger partial charge on any atom is -0.490 e. The predicted octanol–water partition coefficient (Wildman–Crippen LogP) is 4.66. The van der Waals surface area contributed by atoms with Gasteiger partial charge in [-0.05, 0) is 49.4 Å². The first-order valence-electron chi connectivity index (χ1n) is 7.19. The van der Waals surface area contributed by atoms with Gasteiger partial charge in [-0.2, -0.15) is 0 Å². The Labute approximate surface area is 145 Å². The standard InChI is InChI=1S/C17H17Cl2NO3/c1-2-22-17(21)12-3-6-14(7-4-12)20-9-10-23-16-8-5-13(18)11-15(16)19/h3-8,11,20H,2,9-10H2,1H3. The third-order valence-corrected chi connectivity index (χ3v) is 3.51. The molecule has 0 fully saturated rings. The van der Waals surface area contributed by atoms with E-state index in [0.29, 0.717) is 41.1 Å². The quantitative estimate of drug-likeness (QED) is 0.580. The number of nitrogens with one attached hydrogen (secondary N) is 1. The molecule has 0 bridgehead atoms. The lowest BCUT2D eigenvalue weighted by atomic mass is 10.2. The molecule has 0 spiro atoms. The molecule has 6 heteroatoms. The number of anilines is 1. The molecule has 2 rings (SSSR count). The first kappa shape index (κ1) is 17.4. The van der Waals surface area contributed by atoms with E-state index in [1.807, 2.05) is 12.1 Å². The van der Waals surface area contributed by atoms with Crippen molar-refractivity contribution in [3.8, 4) is 5.75 Å². The lowest BCUT2D eigenvalue weighted by molar-refractivity contribution is 0.0526. The van der Waals surface area contributed by atoms with Crippen LogP contribution in [0.3, 0.4) is 0 Å². The molecular formula is C17H17Cl2NO3. The molecule has 0 amide bonds. The van der Waals surface area contributed by atoms with Crippen molar-refractivity contribution in [2.45, 2.75) is 6.92 Å². The van der Waals surface area contributed by atoms with Gasteiger partial charge < -0.3 is 14.8 Å². The van der Waals surface area contributed by atoms with Crippen molar-refractivity contribution < 1.29 is 14.3 Å². The summed E-state index contributed by atoms with van der Waals surface area (Å²) in [5.41, 5.74) is 1.42. The number of hydrogen-bond acceptors (Lipinski definition) is 4. The Morgan fingerprint density at radius 3 is 2.52 bits per heavy atom. The zero-order chi connectivity index (χ0) is 16.7. The molecule has 0 aliphatic heterocycles. The van der Waals surface area contributed by atoms with E-state index < -0.39 is 0 Å². The van der Waals surface area contributed by atoms with Crippen molar-refractivity contribution in [1.29, 1.82) is 0 Å². The fourth-order valence-corrected chi connectivity index (χ4v) is 2.35. The largest absolute Gasteiger partial charge is 0.490 e. The van der Waals surface area contributed by atoms with Gasteiger partial charge in [-0.25, -0.2) is 4.79 Å². The van der Waals surface area contributed by atoms with Crippen LogP contribution in [-0.2, 0) is 4.74 Å². The molecule has 0 unspecified atom stereocenters. The van der Waals surface area contributed by atoms with Gasteiger partial charge in [0.2, 0.25) is 0 Å². The van der Waals surface area contributed by atoms with Crippen LogP contribution in [0.4, 0.5) is 5.69 Å². The van der Waals surface area contributed by atoms with Gasteiger partial charge in [0.25, 0.3) is 0 Å². The predicted molar refractivity (Wildman–Crippen MR) is 92.8 cm³/mol. The normalized spacial score (nSPS) is 10.2. The maximum absolute atomic E-state index is 11.5. The summed E-state index contributed by atoms with van der Waals surface area (Å²) < 4.78 is 10.5. The minimum absolute atomic E-state index is 0.320. The van der Waals surface area contributed by atoms with Crippen LogP contribution in [0.2, 0.25) is 10.0 Å². The summed E-state index contributed by atoms with van der Waals surface area (Å²) in [6.07, 6.45) is 0. The van der Waals surface area contributed by atoms with Gasteiger partial charge in [0.05, 0.1) is 17.2 Å². The van der Waals surface area contributed by atoms with Crippen molar-refractivity contribution in [3.63, 3.8) is 0 Å². The summed E-state index contributed by atoms with van der Waals surface area (Å²) in [5.74, 6) is 0.273. The second-order valence-electron chi connectivity index (χ2n) is 4.65. The maximum atomic E-state index is 11.5. The Morgan fingerprint density at radius 1 is 1.13 bits per heavy atom. The molecule has 0 saturated carbocycles. The molecular weight excluding hydrogens is 337 g/mol. The van der Waals surface area contributed by atoms with Crippen LogP contribution in [-0.4, -0.2) is 25.7 Å². The van der Waals surface area contributed by atoms with Crippen LogP contribution < -0.4 is 10.1 Å². The number of carbonyl (C=O) groups is 1. The van der Waals surface area contributed by atoms with Crippen molar-refractivity contribution in [2.75, 3.05) is 25.1 Å². The van der Waals surface area contributed by atoms with E-state index in [-0.39, 0.29) is 5.97 Å². The van der Waals surface area contributed by atoms with Gasteiger partial charge in [0.1, 0.15) is 12.4 Å². The fraction of sp³-hybridized carbons (Fsp3) is 0.235. The first-order chi connectivity index (χ1) is 11.1. The van der Waals surface area contributed by atoms with E-state index in [0.717, 1.165) is 5.69 Å². The van der Waals surface area contributed by atoms with Gasteiger partial charge in [-0.1, -0.05) is 23.2 Å². The Morgan fingerprint density at radius 2 is 1.87 bits per heavy atom. The molecule has 2 aromatic rings. The monoisotopic (exact) mass is 353 g/mol. The SMILES string of the molecule is CCOC(=O)c1ccc(NCCOc2ccc(Cl)cc2Cl)cc1. The van der Waals surface area contributed by atoms with E-state index in [2.05, 4.69) is 5.32 Å². The molecule has 0 aromatic heterocycles. The molecule has 0 radical (unpaired) electrons. The van der Waals surface area contributed by atoms with Gasteiger partial charge in [0.15, 0.2) is 0 Å². The molecule has 0 aliphatic carbocycles. The van der Waals surface area contributed by atoms with E-state index in [4.69, 9.17) is 32.7 Å². The molecule has 0 heterocycles. The van der Waals surface area contributed by atoms with Crippen molar-refractivity contribution in [1.82, 2.24) is 0 Å². The number of rotatable bonds is 7. The third kappa shape index (κ3) is 5.34. The average molecular weight is 354 g/mol. The highest BCUT2D eigenvalue weighted by atomic mass is 35.5. The van der Waals surface area contributed by atoms with Gasteiger partial charge in [-0.15, -0.1) is 0 Å². The van der Waals surface area contributed by atoms with E-state index in [1.165, 1.54) is 0 Å². The summed E-state index contributed by atoms with van der Waals surface area (Å²) in [6.45, 7) is 3.18. The molecule has 4 nitrogen and oxygen atoms in total. The third-order valence-electron chi connectivity index (χ3n) is 2.98. The average Bonchev–Trinajstić information content (AvgIpc) is 2.54. The molecule has 1 N–H and O–H groups in total. The summed E-state index contributed by atoms with van der Waals surface area (Å²) in [7, 11) is 0. The lowest BCUT2D eigenvalue weighted by Crippen LogP contribution is -2.12. The Balaban J connectivity index is 1.79.